The number of nitrogens with zero attached hydrogens (tertiary/aromatic N) is 1. The van der Waals surface area contributed by atoms with Crippen molar-refractivity contribution in [3.8, 4) is 0 Å². The molecular weight excluding hydrogens is 287 g/mol. The molecule has 5 nitrogen and oxygen atoms in total. The predicted octanol–water partition coefficient (Wildman–Crippen LogP) is 1.59. The van der Waals surface area contributed by atoms with Gasteiger partial charge in [0.15, 0.2) is 0 Å². The van der Waals surface area contributed by atoms with Crippen molar-refractivity contribution in [2.45, 2.75) is 25.2 Å². The summed E-state index contributed by atoms with van der Waals surface area (Å²) < 4.78 is 39.8. The normalized spacial score (nSPS) is 19.3. The zero-order valence-corrected chi connectivity index (χ0v) is 10.8. The zero-order valence-electron chi connectivity index (χ0n) is 10.8. The molecule has 21 heavy (non-hydrogen) atoms. The average Bonchev–Trinajstić information content (AvgIpc) is 2.90. The molecule has 1 unspecified atom stereocenters. The van der Waals surface area contributed by atoms with E-state index in [1.54, 1.807) is 0 Å². The minimum absolute atomic E-state index is 0.141. The van der Waals surface area contributed by atoms with Crippen LogP contribution in [0.2, 0.25) is 0 Å². The van der Waals surface area contributed by atoms with Gasteiger partial charge >= 0.3 is 11.9 Å². The van der Waals surface area contributed by atoms with Crippen molar-refractivity contribution in [1.29, 1.82) is 0 Å². The smallest absolute Gasteiger partial charge is 0.306 e. The fourth-order valence-electron chi connectivity index (χ4n) is 2.66. The molecule has 2 heterocycles. The van der Waals surface area contributed by atoms with Crippen LogP contribution in [0.3, 0.4) is 0 Å². The number of para-hydroxylation sites is 1. The molecule has 0 amide bonds. The molecule has 2 N–H and O–H groups in total. The topological polar surface area (TPSA) is 66.9 Å². The third-order valence-electron chi connectivity index (χ3n) is 3.62. The van der Waals surface area contributed by atoms with Crippen LogP contribution < -0.4 is 16.6 Å². The number of hydrogen-bond acceptors (Lipinski definition) is 3. The van der Waals surface area contributed by atoms with Crippen molar-refractivity contribution >= 4 is 10.9 Å². The Morgan fingerprint density at radius 2 is 2.00 bits per heavy atom. The van der Waals surface area contributed by atoms with E-state index in [9.17, 15) is 22.8 Å². The highest BCUT2D eigenvalue weighted by atomic mass is 19.4. The van der Waals surface area contributed by atoms with Gasteiger partial charge in [-0.15, -0.1) is 0 Å². The number of aromatic nitrogens is 2. The number of halogens is 3. The van der Waals surface area contributed by atoms with Crippen molar-refractivity contribution in [2.75, 3.05) is 6.54 Å². The highest BCUT2D eigenvalue weighted by Gasteiger charge is 2.34. The fraction of sp³-hybridized carbons (Fsp3) is 0.385. The molecule has 0 aliphatic carbocycles. The first-order chi connectivity index (χ1) is 9.89. The van der Waals surface area contributed by atoms with E-state index in [0.717, 1.165) is 23.1 Å². The number of fused-ring (bicyclic) bond motifs is 1. The minimum Gasteiger partial charge on any atom is -0.306 e. The maximum atomic E-state index is 12.9. The highest BCUT2D eigenvalue weighted by molar-refractivity contribution is 5.81. The van der Waals surface area contributed by atoms with E-state index in [2.05, 4.69) is 10.3 Å². The molecule has 1 aliphatic heterocycles. The van der Waals surface area contributed by atoms with Crippen molar-refractivity contribution in [2.24, 2.45) is 0 Å². The van der Waals surface area contributed by atoms with Crippen LogP contribution in [0.1, 0.15) is 24.6 Å². The second kappa shape index (κ2) is 4.73. The van der Waals surface area contributed by atoms with Crippen LogP contribution in [0, 0.1) is 0 Å². The number of alkyl halides is 3. The van der Waals surface area contributed by atoms with Crippen LogP contribution in [0.15, 0.2) is 27.8 Å². The SMILES string of the molecule is O=c1[nH]c2c(C(F)(F)F)cccc2c(=O)n1C1CCCN1. The summed E-state index contributed by atoms with van der Waals surface area (Å²) in [5.74, 6) is 0. The largest absolute Gasteiger partial charge is 0.418 e. The third kappa shape index (κ3) is 2.25. The van der Waals surface area contributed by atoms with E-state index in [0.29, 0.717) is 13.0 Å². The summed E-state index contributed by atoms with van der Waals surface area (Å²) in [5, 5.41) is 2.84. The molecule has 112 valence electrons. The first-order valence-corrected chi connectivity index (χ1v) is 6.48. The number of aromatic amines is 1. The summed E-state index contributed by atoms with van der Waals surface area (Å²) in [6, 6.07) is 3.29. The second-order valence-corrected chi connectivity index (χ2v) is 4.94. The molecule has 1 fully saturated rings. The second-order valence-electron chi connectivity index (χ2n) is 4.94. The van der Waals surface area contributed by atoms with Crippen LogP contribution in [-0.2, 0) is 6.18 Å². The Kier molecular flexibility index (Phi) is 3.12. The average molecular weight is 299 g/mol. The monoisotopic (exact) mass is 299 g/mol. The third-order valence-corrected chi connectivity index (χ3v) is 3.62. The van der Waals surface area contributed by atoms with E-state index >= 15 is 0 Å². The maximum Gasteiger partial charge on any atom is 0.418 e. The lowest BCUT2D eigenvalue weighted by Crippen LogP contribution is -2.41. The maximum absolute atomic E-state index is 12.9. The van der Waals surface area contributed by atoms with Gasteiger partial charge in [0.2, 0.25) is 0 Å². The lowest BCUT2D eigenvalue weighted by molar-refractivity contribution is -0.136. The summed E-state index contributed by atoms with van der Waals surface area (Å²) >= 11 is 0. The predicted molar refractivity (Wildman–Crippen MR) is 70.1 cm³/mol. The molecule has 0 radical (unpaired) electrons. The summed E-state index contributed by atoms with van der Waals surface area (Å²) in [7, 11) is 0. The number of nitrogens with one attached hydrogen (secondary N) is 2. The fourth-order valence-corrected chi connectivity index (χ4v) is 2.66. The minimum atomic E-state index is -4.63. The van der Waals surface area contributed by atoms with E-state index in [1.165, 1.54) is 6.07 Å². The van der Waals surface area contributed by atoms with Crippen molar-refractivity contribution in [1.82, 2.24) is 14.9 Å². The van der Waals surface area contributed by atoms with Crippen LogP contribution in [-0.4, -0.2) is 16.1 Å². The molecule has 1 atom stereocenters. The van der Waals surface area contributed by atoms with Crippen molar-refractivity contribution in [3.05, 3.63) is 44.6 Å². The molecule has 0 saturated carbocycles. The molecule has 1 saturated heterocycles. The van der Waals surface area contributed by atoms with Crippen molar-refractivity contribution in [3.63, 3.8) is 0 Å². The van der Waals surface area contributed by atoms with Gasteiger partial charge in [-0.3, -0.25) is 10.1 Å². The first kappa shape index (κ1) is 13.9. The van der Waals surface area contributed by atoms with E-state index in [1.807, 2.05) is 0 Å². The molecule has 1 aromatic heterocycles. The number of rotatable bonds is 1. The number of hydrogen-bond donors (Lipinski definition) is 2. The van der Waals surface area contributed by atoms with Gasteiger partial charge in [0.05, 0.1) is 22.6 Å². The van der Waals surface area contributed by atoms with Gasteiger partial charge < -0.3 is 4.98 Å². The quantitative estimate of drug-likeness (QED) is 0.840. The Hall–Kier alpha value is -2.09. The summed E-state index contributed by atoms with van der Waals surface area (Å²) in [6.45, 7) is 0.664. The summed E-state index contributed by atoms with van der Waals surface area (Å²) in [5.41, 5.74) is -3.02. The van der Waals surface area contributed by atoms with Gasteiger partial charge in [-0.2, -0.15) is 13.2 Å². The van der Waals surface area contributed by atoms with Crippen LogP contribution >= 0.6 is 0 Å². The Balaban J connectivity index is 2.33. The molecule has 0 bridgehead atoms. The molecule has 1 aliphatic rings. The number of H-pyrrole nitrogens is 1. The molecule has 8 heteroatoms. The molecule has 2 aromatic rings. The number of benzene rings is 1. The van der Waals surface area contributed by atoms with Crippen molar-refractivity contribution < 1.29 is 13.2 Å². The molecule has 0 spiro atoms. The van der Waals surface area contributed by atoms with Gasteiger partial charge in [0.1, 0.15) is 0 Å². The van der Waals surface area contributed by atoms with Crippen LogP contribution in [0.25, 0.3) is 10.9 Å². The van der Waals surface area contributed by atoms with E-state index in [-0.39, 0.29) is 5.39 Å². The summed E-state index contributed by atoms with van der Waals surface area (Å²) in [4.78, 5) is 26.6. The van der Waals surface area contributed by atoms with Gasteiger partial charge in [0.25, 0.3) is 5.56 Å². The van der Waals surface area contributed by atoms with Crippen LogP contribution in [0.5, 0.6) is 0 Å². The Morgan fingerprint density at radius 1 is 1.24 bits per heavy atom. The Bertz CT molecular complexity index is 801. The molecule has 3 rings (SSSR count). The molecular formula is C13H12F3N3O2. The lowest BCUT2D eigenvalue weighted by atomic mass is 10.1. The van der Waals surface area contributed by atoms with E-state index < -0.39 is 34.7 Å². The van der Waals surface area contributed by atoms with E-state index in [4.69, 9.17) is 0 Å². The standard InChI is InChI=1S/C13H12F3N3O2/c14-13(15,16)8-4-1-3-7-10(8)18-12(21)19(11(7)20)9-5-2-6-17-9/h1,3-4,9,17H,2,5-6H2,(H,18,21). The van der Waals surface area contributed by atoms with Crippen LogP contribution in [0.4, 0.5) is 13.2 Å². The lowest BCUT2D eigenvalue weighted by Gasteiger charge is -2.15. The van der Waals surface area contributed by atoms with Gasteiger partial charge in [0, 0.05) is 0 Å². The Morgan fingerprint density at radius 3 is 2.62 bits per heavy atom. The zero-order chi connectivity index (χ0) is 15.2. The molecule has 1 aromatic carbocycles. The van der Waals surface area contributed by atoms with Gasteiger partial charge in [-0.05, 0) is 31.5 Å². The first-order valence-electron chi connectivity index (χ1n) is 6.48. The Labute approximate surface area is 116 Å². The van der Waals surface area contributed by atoms with Gasteiger partial charge in [-0.25, -0.2) is 9.36 Å². The van der Waals surface area contributed by atoms with Gasteiger partial charge in [-0.1, -0.05) is 6.07 Å². The highest BCUT2D eigenvalue weighted by Crippen LogP contribution is 2.32. The summed E-state index contributed by atoms with van der Waals surface area (Å²) in [6.07, 6.45) is -3.71.